The van der Waals surface area contributed by atoms with Crippen LogP contribution < -0.4 is 5.73 Å². The number of nitrogens with one attached hydrogen (secondary N) is 1. The van der Waals surface area contributed by atoms with Crippen LogP contribution in [-0.2, 0) is 11.3 Å². The molecule has 0 atom stereocenters. The molecule has 0 radical (unpaired) electrons. The summed E-state index contributed by atoms with van der Waals surface area (Å²) in [5, 5.41) is 0.954. The lowest BCUT2D eigenvalue weighted by Gasteiger charge is -2.39. The summed E-state index contributed by atoms with van der Waals surface area (Å²) >= 11 is 0. The predicted octanol–water partition coefficient (Wildman–Crippen LogP) is 3.99. The number of carbonyl (C=O) groups is 1. The molecule has 0 aliphatic carbocycles. The van der Waals surface area contributed by atoms with Crippen molar-refractivity contribution in [1.29, 1.82) is 0 Å². The normalized spacial score (nSPS) is 21.1. The maximum atomic E-state index is 12.2. The lowest BCUT2D eigenvalue weighted by molar-refractivity contribution is 0.0313. The van der Waals surface area contributed by atoms with E-state index >= 15 is 0 Å². The van der Waals surface area contributed by atoms with Gasteiger partial charge in [-0.1, -0.05) is 0 Å². The predicted molar refractivity (Wildman–Crippen MR) is 125 cm³/mol. The second-order valence-corrected chi connectivity index (χ2v) is 11.2. The summed E-state index contributed by atoms with van der Waals surface area (Å²) in [5.74, 6) is 1.42. The summed E-state index contributed by atoms with van der Waals surface area (Å²) in [6, 6.07) is 5.90. The number of benzene rings is 1. The number of carbonyl (C=O) groups excluding carboxylic acids is 1. The van der Waals surface area contributed by atoms with Crippen LogP contribution in [0.2, 0.25) is 0 Å². The monoisotopic (exact) mass is 459 g/mol. The molecular weight excluding hydrogens is 430 g/mol. The van der Waals surface area contributed by atoms with E-state index in [1.54, 1.807) is 6.26 Å². The summed E-state index contributed by atoms with van der Waals surface area (Å²) in [4.78, 5) is 17.8. The quantitative estimate of drug-likeness (QED) is 0.457. The Morgan fingerprint density at radius 3 is 2.62 bits per heavy atom. The van der Waals surface area contributed by atoms with Crippen molar-refractivity contribution in [3.8, 4) is 11.1 Å². The highest BCUT2D eigenvalue weighted by molar-refractivity contribution is 8.24. The van der Waals surface area contributed by atoms with Gasteiger partial charge < -0.3 is 19.9 Å². The van der Waals surface area contributed by atoms with Crippen molar-refractivity contribution in [3.63, 3.8) is 0 Å². The number of ether oxygens (including phenoxy) is 1. The number of H-pyrrole nitrogens is 1. The fourth-order valence-electron chi connectivity index (χ4n) is 4.77. The van der Waals surface area contributed by atoms with Crippen LogP contribution in [0.1, 0.15) is 40.4 Å². The van der Waals surface area contributed by atoms with Gasteiger partial charge in [0.25, 0.3) is 5.91 Å². The summed E-state index contributed by atoms with van der Waals surface area (Å²) in [6.45, 7) is 3.95. The molecule has 2 aliphatic rings. The van der Waals surface area contributed by atoms with Gasteiger partial charge in [0, 0.05) is 41.7 Å². The van der Waals surface area contributed by atoms with Crippen LogP contribution in [0.3, 0.4) is 0 Å². The van der Waals surface area contributed by atoms with Crippen molar-refractivity contribution in [2.24, 2.45) is 5.73 Å². The first kappa shape index (κ1) is 21.5. The van der Waals surface area contributed by atoms with Crippen LogP contribution in [0.4, 0.5) is 0 Å². The number of furan rings is 1. The number of primary amides is 1. The zero-order valence-electron chi connectivity index (χ0n) is 17.9. The van der Waals surface area contributed by atoms with Gasteiger partial charge in [0.1, 0.15) is 5.76 Å². The number of morpholine rings is 1. The van der Waals surface area contributed by atoms with Crippen molar-refractivity contribution < 1.29 is 23.1 Å². The van der Waals surface area contributed by atoms with Gasteiger partial charge in [0.05, 0.1) is 37.1 Å². The van der Waals surface area contributed by atoms with Crippen LogP contribution >= 0.6 is 10.6 Å². The number of hydrogen-bond donors (Lipinski definition) is 4. The Kier molecular flexibility index (Phi) is 5.77. The molecule has 0 saturated carbocycles. The zero-order valence-corrected chi connectivity index (χ0v) is 18.7. The Bertz CT molecular complexity index is 1120. The summed E-state index contributed by atoms with van der Waals surface area (Å²) in [6.07, 6.45) is 5.08. The van der Waals surface area contributed by atoms with Gasteiger partial charge in [0.15, 0.2) is 0 Å². The third-order valence-electron chi connectivity index (χ3n) is 6.58. The van der Waals surface area contributed by atoms with E-state index in [9.17, 15) is 13.9 Å². The minimum Gasteiger partial charge on any atom is -0.467 e. The Morgan fingerprint density at radius 1 is 1.16 bits per heavy atom. The van der Waals surface area contributed by atoms with E-state index in [0.717, 1.165) is 66.2 Å². The molecule has 32 heavy (non-hydrogen) atoms. The summed E-state index contributed by atoms with van der Waals surface area (Å²) < 4.78 is 31.2. The minimum absolute atomic E-state index is 0.209. The van der Waals surface area contributed by atoms with Gasteiger partial charge in [-0.25, -0.2) is 0 Å². The molecule has 172 valence electrons. The van der Waals surface area contributed by atoms with Crippen LogP contribution in [0, 0.1) is 0 Å². The van der Waals surface area contributed by atoms with Crippen LogP contribution in [0.5, 0.6) is 0 Å². The first-order valence-electron chi connectivity index (χ1n) is 11.0. The van der Waals surface area contributed by atoms with Crippen molar-refractivity contribution in [3.05, 3.63) is 47.5 Å². The second-order valence-electron chi connectivity index (χ2n) is 8.73. The van der Waals surface area contributed by atoms with Crippen molar-refractivity contribution in [2.45, 2.75) is 25.3 Å². The molecule has 0 bridgehead atoms. The van der Waals surface area contributed by atoms with E-state index < -0.39 is 16.5 Å². The fourth-order valence-corrected chi connectivity index (χ4v) is 6.29. The Hall–Kier alpha value is -2.30. The van der Waals surface area contributed by atoms with Gasteiger partial charge >= 0.3 is 0 Å². The topological polar surface area (TPSA) is 125 Å². The number of aromatic nitrogens is 1. The SMILES string of the molecule is NC(=O)c1cc(-c2coc(CN3CCOCC3)c2)cc2c(C3CCS(O)(O)CC3)c[nH]c12. The maximum Gasteiger partial charge on any atom is 0.250 e. The lowest BCUT2D eigenvalue weighted by Crippen LogP contribution is -2.35. The van der Waals surface area contributed by atoms with Gasteiger partial charge in [-0.15, -0.1) is 0 Å². The molecule has 3 aromatic rings. The molecule has 2 aromatic heterocycles. The highest BCUT2D eigenvalue weighted by atomic mass is 32.3. The van der Waals surface area contributed by atoms with Crippen LogP contribution in [0.15, 0.2) is 35.1 Å². The number of hydrogen-bond acceptors (Lipinski definition) is 6. The highest BCUT2D eigenvalue weighted by Crippen LogP contribution is 2.49. The molecule has 2 saturated heterocycles. The third kappa shape index (κ3) is 4.31. The van der Waals surface area contributed by atoms with E-state index in [2.05, 4.69) is 16.0 Å². The average Bonchev–Trinajstić information content (AvgIpc) is 3.41. The number of aromatic amines is 1. The largest absolute Gasteiger partial charge is 0.467 e. The van der Waals surface area contributed by atoms with E-state index in [1.807, 2.05) is 18.3 Å². The molecule has 5 N–H and O–H groups in total. The van der Waals surface area contributed by atoms with E-state index in [4.69, 9.17) is 14.9 Å². The molecule has 1 amide bonds. The van der Waals surface area contributed by atoms with Gasteiger partial charge in [-0.05, 0) is 48.1 Å². The van der Waals surface area contributed by atoms with Gasteiger partial charge in [0.2, 0.25) is 0 Å². The number of amides is 1. The van der Waals surface area contributed by atoms with Crippen LogP contribution in [-0.4, -0.2) is 62.7 Å². The minimum atomic E-state index is -2.45. The van der Waals surface area contributed by atoms with E-state index in [-0.39, 0.29) is 5.92 Å². The molecule has 1 aromatic carbocycles. The highest BCUT2D eigenvalue weighted by Gasteiger charge is 2.28. The summed E-state index contributed by atoms with van der Waals surface area (Å²) in [5.41, 5.74) is 9.76. The molecule has 0 unspecified atom stereocenters. The van der Waals surface area contributed by atoms with Crippen molar-refractivity contribution in [2.75, 3.05) is 37.8 Å². The Balaban J connectivity index is 1.48. The molecule has 9 heteroatoms. The van der Waals surface area contributed by atoms with Gasteiger partial charge in [-0.2, -0.15) is 10.6 Å². The smallest absolute Gasteiger partial charge is 0.250 e. The molecule has 2 fully saturated rings. The standard InChI is InChI=1S/C23H29N3O5S/c24-23(27)20-11-16(17-9-18(31-14-17)13-26-3-5-30-6-4-26)10-19-21(12-25-22(19)20)15-1-7-32(28,29)8-2-15/h9-12,14-15,25,28-29H,1-8,13H2,(H2,24,27). The molecule has 4 heterocycles. The number of fused-ring (bicyclic) bond motifs is 1. The molecule has 0 spiro atoms. The first-order chi connectivity index (χ1) is 15.4. The third-order valence-corrected chi connectivity index (χ3v) is 8.36. The number of nitrogens with two attached hydrogens (primary N) is 1. The van der Waals surface area contributed by atoms with Gasteiger partial charge in [-0.3, -0.25) is 18.8 Å². The second kappa shape index (κ2) is 8.57. The average molecular weight is 460 g/mol. The molecule has 5 rings (SSSR count). The maximum absolute atomic E-state index is 12.2. The Labute approximate surface area is 188 Å². The Morgan fingerprint density at radius 2 is 1.91 bits per heavy atom. The summed E-state index contributed by atoms with van der Waals surface area (Å²) in [7, 11) is -2.45. The molecular formula is C23H29N3O5S. The first-order valence-corrected chi connectivity index (χ1v) is 12.8. The zero-order chi connectivity index (χ0) is 22.3. The van der Waals surface area contributed by atoms with Crippen LogP contribution in [0.25, 0.3) is 22.0 Å². The number of rotatable bonds is 5. The lowest BCUT2D eigenvalue weighted by atomic mass is 9.91. The molecule has 2 aliphatic heterocycles. The fraction of sp³-hybridized carbons (Fsp3) is 0.435. The molecule has 8 nitrogen and oxygen atoms in total. The van der Waals surface area contributed by atoms with E-state index in [1.165, 1.54) is 0 Å². The van der Waals surface area contributed by atoms with Crippen molar-refractivity contribution >= 4 is 27.4 Å². The van der Waals surface area contributed by atoms with E-state index in [0.29, 0.717) is 29.9 Å². The number of nitrogens with zero attached hydrogens (tertiary/aromatic N) is 1. The van der Waals surface area contributed by atoms with Crippen molar-refractivity contribution in [1.82, 2.24) is 9.88 Å².